The van der Waals surface area contributed by atoms with Gasteiger partial charge in [0.05, 0.1) is 19.3 Å². The standard InChI is InChI=1S/C16H26O3/c1-5-18-13-9-6-7-10-14(13)19-12-8-11-15(17)16(2,3)4/h6-7,9-10,15,17H,5,8,11-12H2,1-4H3. The van der Waals surface area contributed by atoms with Crippen LogP contribution in [-0.2, 0) is 0 Å². The lowest BCUT2D eigenvalue weighted by molar-refractivity contribution is 0.0504. The van der Waals surface area contributed by atoms with Crippen LogP contribution >= 0.6 is 0 Å². The molecule has 0 saturated heterocycles. The quantitative estimate of drug-likeness (QED) is 0.766. The minimum Gasteiger partial charge on any atom is -0.490 e. The van der Waals surface area contributed by atoms with E-state index in [2.05, 4.69) is 0 Å². The topological polar surface area (TPSA) is 38.7 Å². The zero-order valence-electron chi connectivity index (χ0n) is 12.5. The highest BCUT2D eigenvalue weighted by molar-refractivity contribution is 5.39. The number of hydrogen-bond acceptors (Lipinski definition) is 3. The lowest BCUT2D eigenvalue weighted by atomic mass is 9.87. The highest BCUT2D eigenvalue weighted by atomic mass is 16.5. The Balaban J connectivity index is 2.37. The minimum atomic E-state index is -0.293. The Kier molecular flexibility index (Phi) is 6.16. The Morgan fingerprint density at radius 3 is 2.21 bits per heavy atom. The zero-order valence-corrected chi connectivity index (χ0v) is 12.5. The van der Waals surface area contributed by atoms with E-state index in [0.717, 1.165) is 24.3 Å². The molecular weight excluding hydrogens is 240 g/mol. The molecule has 1 unspecified atom stereocenters. The highest BCUT2D eigenvalue weighted by Crippen LogP contribution is 2.27. The van der Waals surface area contributed by atoms with E-state index in [4.69, 9.17) is 9.47 Å². The molecule has 0 saturated carbocycles. The minimum absolute atomic E-state index is 0.0662. The van der Waals surface area contributed by atoms with E-state index in [1.165, 1.54) is 0 Å². The smallest absolute Gasteiger partial charge is 0.161 e. The van der Waals surface area contributed by atoms with Crippen LogP contribution < -0.4 is 9.47 Å². The van der Waals surface area contributed by atoms with E-state index in [9.17, 15) is 5.11 Å². The van der Waals surface area contributed by atoms with Crippen molar-refractivity contribution in [2.75, 3.05) is 13.2 Å². The molecule has 3 heteroatoms. The summed E-state index contributed by atoms with van der Waals surface area (Å²) < 4.78 is 11.2. The molecule has 0 spiro atoms. The van der Waals surface area contributed by atoms with E-state index in [-0.39, 0.29) is 11.5 Å². The van der Waals surface area contributed by atoms with E-state index in [0.29, 0.717) is 13.2 Å². The van der Waals surface area contributed by atoms with Gasteiger partial charge < -0.3 is 14.6 Å². The summed E-state index contributed by atoms with van der Waals surface area (Å²) in [6.07, 6.45) is 1.29. The molecule has 108 valence electrons. The van der Waals surface area contributed by atoms with Crippen LogP contribution in [0.1, 0.15) is 40.5 Å². The van der Waals surface area contributed by atoms with Crippen LogP contribution in [0, 0.1) is 5.41 Å². The molecular formula is C16H26O3. The first-order valence-electron chi connectivity index (χ1n) is 6.98. The first-order chi connectivity index (χ1) is 8.95. The average molecular weight is 266 g/mol. The molecule has 0 amide bonds. The first-order valence-corrected chi connectivity index (χ1v) is 6.98. The molecule has 1 rings (SSSR count). The summed E-state index contributed by atoms with van der Waals surface area (Å²) in [4.78, 5) is 0. The van der Waals surface area contributed by atoms with Crippen molar-refractivity contribution in [3.8, 4) is 11.5 Å². The average Bonchev–Trinajstić information content (AvgIpc) is 2.35. The number of hydrogen-bond donors (Lipinski definition) is 1. The van der Waals surface area contributed by atoms with Crippen molar-refractivity contribution < 1.29 is 14.6 Å². The maximum atomic E-state index is 9.94. The molecule has 1 aromatic carbocycles. The summed E-state index contributed by atoms with van der Waals surface area (Å²) in [5.41, 5.74) is -0.0662. The second-order valence-corrected chi connectivity index (χ2v) is 5.75. The summed E-state index contributed by atoms with van der Waals surface area (Å²) in [6.45, 7) is 9.31. The number of benzene rings is 1. The third-order valence-electron chi connectivity index (χ3n) is 3.03. The van der Waals surface area contributed by atoms with Gasteiger partial charge in [-0.1, -0.05) is 32.9 Å². The van der Waals surface area contributed by atoms with Crippen molar-refractivity contribution in [1.82, 2.24) is 0 Å². The predicted octanol–water partition coefficient (Wildman–Crippen LogP) is 3.65. The molecule has 0 aliphatic rings. The maximum Gasteiger partial charge on any atom is 0.161 e. The van der Waals surface area contributed by atoms with E-state index >= 15 is 0 Å². The third-order valence-corrected chi connectivity index (χ3v) is 3.03. The summed E-state index contributed by atoms with van der Waals surface area (Å²) in [5, 5.41) is 9.94. The van der Waals surface area contributed by atoms with Gasteiger partial charge in [-0.25, -0.2) is 0 Å². The molecule has 0 bridgehead atoms. The second-order valence-electron chi connectivity index (χ2n) is 5.75. The van der Waals surface area contributed by atoms with Gasteiger partial charge in [-0.2, -0.15) is 0 Å². The molecule has 0 fully saturated rings. The summed E-state index contributed by atoms with van der Waals surface area (Å²) >= 11 is 0. The Hall–Kier alpha value is -1.22. The van der Waals surface area contributed by atoms with E-state index in [1.807, 2.05) is 52.0 Å². The Morgan fingerprint density at radius 1 is 1.11 bits per heavy atom. The van der Waals surface area contributed by atoms with Gasteiger partial charge in [0.1, 0.15) is 0 Å². The first kappa shape index (κ1) is 15.8. The van der Waals surface area contributed by atoms with Gasteiger partial charge in [0.2, 0.25) is 0 Å². The van der Waals surface area contributed by atoms with Gasteiger partial charge in [0, 0.05) is 0 Å². The predicted molar refractivity (Wildman–Crippen MR) is 77.8 cm³/mol. The van der Waals surface area contributed by atoms with Crippen molar-refractivity contribution >= 4 is 0 Å². The molecule has 0 aliphatic carbocycles. The Labute approximate surface area is 116 Å². The van der Waals surface area contributed by atoms with Crippen LogP contribution in [0.15, 0.2) is 24.3 Å². The maximum absolute atomic E-state index is 9.94. The summed E-state index contributed by atoms with van der Waals surface area (Å²) in [6, 6.07) is 7.68. The molecule has 3 nitrogen and oxygen atoms in total. The van der Waals surface area contributed by atoms with Crippen LogP contribution in [0.3, 0.4) is 0 Å². The van der Waals surface area contributed by atoms with E-state index < -0.39 is 0 Å². The molecule has 1 atom stereocenters. The fraction of sp³-hybridized carbons (Fsp3) is 0.625. The fourth-order valence-electron chi connectivity index (χ4n) is 1.74. The lowest BCUT2D eigenvalue weighted by Crippen LogP contribution is -2.26. The molecule has 1 aromatic rings. The highest BCUT2D eigenvalue weighted by Gasteiger charge is 2.21. The van der Waals surface area contributed by atoms with Gasteiger partial charge in [0.15, 0.2) is 11.5 Å². The van der Waals surface area contributed by atoms with Crippen LogP contribution in [0.25, 0.3) is 0 Å². The lowest BCUT2D eigenvalue weighted by Gasteiger charge is -2.25. The molecule has 0 heterocycles. The number of aliphatic hydroxyl groups is 1. The fourth-order valence-corrected chi connectivity index (χ4v) is 1.74. The number of aliphatic hydroxyl groups excluding tert-OH is 1. The van der Waals surface area contributed by atoms with Crippen molar-refractivity contribution in [1.29, 1.82) is 0 Å². The van der Waals surface area contributed by atoms with Gasteiger partial charge in [-0.05, 0) is 37.3 Å². The third kappa shape index (κ3) is 5.52. The Morgan fingerprint density at radius 2 is 1.68 bits per heavy atom. The van der Waals surface area contributed by atoms with E-state index in [1.54, 1.807) is 0 Å². The van der Waals surface area contributed by atoms with Gasteiger partial charge in [-0.3, -0.25) is 0 Å². The number of rotatable bonds is 7. The summed E-state index contributed by atoms with van der Waals surface area (Å²) in [5.74, 6) is 1.55. The van der Waals surface area contributed by atoms with Crippen molar-refractivity contribution in [3.05, 3.63) is 24.3 Å². The SMILES string of the molecule is CCOc1ccccc1OCCCC(O)C(C)(C)C. The second kappa shape index (κ2) is 7.39. The normalized spacial score (nSPS) is 13.1. The molecule has 19 heavy (non-hydrogen) atoms. The largest absolute Gasteiger partial charge is 0.490 e. The van der Waals surface area contributed by atoms with Crippen LogP contribution in [0.2, 0.25) is 0 Å². The van der Waals surface area contributed by atoms with Crippen LogP contribution in [0.4, 0.5) is 0 Å². The Bertz CT molecular complexity index is 369. The van der Waals surface area contributed by atoms with Gasteiger partial charge >= 0.3 is 0 Å². The number of ether oxygens (including phenoxy) is 2. The van der Waals surface area contributed by atoms with Gasteiger partial charge in [0.25, 0.3) is 0 Å². The van der Waals surface area contributed by atoms with Crippen molar-refractivity contribution in [2.45, 2.75) is 46.6 Å². The van der Waals surface area contributed by atoms with Crippen LogP contribution in [0.5, 0.6) is 11.5 Å². The zero-order chi connectivity index (χ0) is 14.3. The van der Waals surface area contributed by atoms with Crippen molar-refractivity contribution in [3.63, 3.8) is 0 Å². The number of para-hydroxylation sites is 2. The van der Waals surface area contributed by atoms with Crippen LogP contribution in [-0.4, -0.2) is 24.4 Å². The monoisotopic (exact) mass is 266 g/mol. The molecule has 0 aliphatic heterocycles. The molecule has 0 radical (unpaired) electrons. The van der Waals surface area contributed by atoms with Crippen molar-refractivity contribution in [2.24, 2.45) is 5.41 Å². The molecule has 1 N–H and O–H groups in total. The van der Waals surface area contributed by atoms with Gasteiger partial charge in [-0.15, -0.1) is 0 Å². The summed E-state index contributed by atoms with van der Waals surface area (Å²) in [7, 11) is 0. The molecule has 0 aromatic heterocycles.